The summed E-state index contributed by atoms with van der Waals surface area (Å²) in [5.74, 6) is 0. The van der Waals surface area contributed by atoms with E-state index in [4.69, 9.17) is 4.42 Å². The highest BCUT2D eigenvalue weighted by Gasteiger charge is 2.20. The molecular weight excluding hydrogens is 693 g/mol. The average molecular weight is 727 g/mol. The second-order valence-electron chi connectivity index (χ2n) is 14.8. The lowest BCUT2D eigenvalue weighted by molar-refractivity contribution is 0.670. The molecule has 0 aliphatic heterocycles. The number of furan rings is 1. The molecule has 0 radical (unpaired) electrons. The van der Waals surface area contributed by atoms with Crippen molar-refractivity contribution in [2.45, 2.75) is 0 Å². The Morgan fingerprint density at radius 1 is 0.281 bits per heavy atom. The number of para-hydroxylation sites is 6. The van der Waals surface area contributed by atoms with E-state index in [1.54, 1.807) is 0 Å². The third-order valence-corrected chi connectivity index (χ3v) is 11.7. The molecule has 0 saturated heterocycles. The molecule has 0 bridgehead atoms. The summed E-state index contributed by atoms with van der Waals surface area (Å²) in [4.78, 5) is 0. The molecule has 0 spiro atoms. The van der Waals surface area contributed by atoms with Gasteiger partial charge in [-0.05, 0) is 103 Å². The Kier molecular flexibility index (Phi) is 6.93. The Labute approximate surface area is 328 Å². The molecule has 0 saturated carbocycles. The van der Waals surface area contributed by atoms with Gasteiger partial charge in [0.25, 0.3) is 0 Å². The molecule has 0 aliphatic rings. The summed E-state index contributed by atoms with van der Waals surface area (Å²) in [6, 6.07) is 74.7. The van der Waals surface area contributed by atoms with Crippen LogP contribution < -0.4 is 0 Å². The van der Waals surface area contributed by atoms with Crippen LogP contribution in [0.1, 0.15) is 0 Å². The molecule has 0 N–H and O–H groups in total. The van der Waals surface area contributed by atoms with E-state index in [0.717, 1.165) is 66.5 Å². The van der Waals surface area contributed by atoms with Gasteiger partial charge in [-0.1, -0.05) is 152 Å². The largest absolute Gasteiger partial charge is 0.455 e. The molecule has 2 heterocycles. The van der Waals surface area contributed by atoms with Crippen molar-refractivity contribution in [3.63, 3.8) is 0 Å². The monoisotopic (exact) mass is 726 g/mol. The quantitative estimate of drug-likeness (QED) is 0.166. The molecule has 57 heavy (non-hydrogen) atoms. The van der Waals surface area contributed by atoms with Crippen LogP contribution in [0.4, 0.5) is 0 Å². The molecule has 0 unspecified atom stereocenters. The predicted molar refractivity (Wildman–Crippen MR) is 240 cm³/mol. The first-order chi connectivity index (χ1) is 28.3. The Hall–Kier alpha value is -7.62. The van der Waals surface area contributed by atoms with Gasteiger partial charge in [0.05, 0.1) is 22.1 Å². The maximum Gasteiger partial charge on any atom is 0.143 e. The van der Waals surface area contributed by atoms with Crippen LogP contribution in [-0.4, -0.2) is 9.13 Å². The van der Waals surface area contributed by atoms with Crippen molar-refractivity contribution in [1.29, 1.82) is 0 Å². The fraction of sp³-hybridized carbons (Fsp3) is 0. The number of hydrogen-bond donors (Lipinski definition) is 0. The van der Waals surface area contributed by atoms with Crippen molar-refractivity contribution >= 4 is 87.1 Å². The maximum atomic E-state index is 6.71. The van der Waals surface area contributed by atoms with Crippen LogP contribution in [-0.2, 0) is 0 Å². The van der Waals surface area contributed by atoms with Crippen molar-refractivity contribution in [1.82, 2.24) is 9.13 Å². The second-order valence-corrected chi connectivity index (χ2v) is 14.8. The van der Waals surface area contributed by atoms with Gasteiger partial charge in [0.2, 0.25) is 0 Å². The Bertz CT molecular complexity index is 3630. The van der Waals surface area contributed by atoms with Crippen molar-refractivity contribution in [3.8, 4) is 22.5 Å². The summed E-state index contributed by atoms with van der Waals surface area (Å²) >= 11 is 0. The molecule has 12 rings (SSSR count). The lowest BCUT2D eigenvalue weighted by Gasteiger charge is -2.23. The molecule has 3 heteroatoms. The lowest BCUT2D eigenvalue weighted by Crippen LogP contribution is -2.08. The number of rotatable bonds is 3. The van der Waals surface area contributed by atoms with Crippen molar-refractivity contribution in [2.24, 2.45) is 0 Å². The van der Waals surface area contributed by atoms with Crippen molar-refractivity contribution < 1.29 is 4.42 Å². The van der Waals surface area contributed by atoms with Crippen molar-refractivity contribution in [2.75, 3.05) is 0 Å². The highest BCUT2D eigenvalue weighted by molar-refractivity contribution is 6.30. The van der Waals surface area contributed by atoms with Gasteiger partial charge >= 0.3 is 0 Å². The summed E-state index contributed by atoms with van der Waals surface area (Å²) in [5.41, 5.74) is 10.7. The van der Waals surface area contributed by atoms with Crippen LogP contribution >= 0.6 is 0 Å². The number of aromatic nitrogens is 2. The van der Waals surface area contributed by atoms with E-state index in [1.807, 2.05) is 6.07 Å². The van der Waals surface area contributed by atoms with Gasteiger partial charge in [-0.3, -0.25) is 0 Å². The topological polar surface area (TPSA) is 23.0 Å². The minimum atomic E-state index is 0.898. The van der Waals surface area contributed by atoms with Gasteiger partial charge in [0.15, 0.2) is 0 Å². The van der Waals surface area contributed by atoms with Crippen LogP contribution in [0.3, 0.4) is 0 Å². The van der Waals surface area contributed by atoms with Gasteiger partial charge < -0.3 is 13.6 Å². The van der Waals surface area contributed by atoms with Gasteiger partial charge in [0, 0.05) is 27.7 Å². The Balaban J connectivity index is 1.36. The lowest BCUT2D eigenvalue weighted by atomic mass is 9.89. The molecule has 0 aliphatic carbocycles. The zero-order chi connectivity index (χ0) is 37.5. The molecule has 0 atom stereocenters. The summed E-state index contributed by atoms with van der Waals surface area (Å²) in [7, 11) is 0. The van der Waals surface area contributed by atoms with Gasteiger partial charge in [0.1, 0.15) is 11.2 Å². The third-order valence-electron chi connectivity index (χ3n) is 11.7. The summed E-state index contributed by atoms with van der Waals surface area (Å²) in [6.07, 6.45) is 0. The van der Waals surface area contributed by atoms with Crippen LogP contribution in [0, 0.1) is 0 Å². The predicted octanol–water partition coefficient (Wildman–Crippen LogP) is 14.9. The number of nitrogens with zero attached hydrogens (tertiary/aromatic N) is 2. The first kappa shape index (κ1) is 31.7. The van der Waals surface area contributed by atoms with E-state index in [-0.39, 0.29) is 0 Å². The maximum absolute atomic E-state index is 6.71. The first-order valence-corrected chi connectivity index (χ1v) is 19.5. The van der Waals surface area contributed by atoms with Crippen LogP contribution in [0.25, 0.3) is 110 Å². The SMILES string of the molecule is c1ccc(-n2c3ccccc3n(-c3ccccc3)c3cc4c(cc32)c2ccccc2c2ccccc2c2c(-c3cccc5c3oc3ccccc35)cccc42)cc1. The summed E-state index contributed by atoms with van der Waals surface area (Å²) in [5, 5.41) is 11.8. The van der Waals surface area contributed by atoms with E-state index in [9.17, 15) is 0 Å². The van der Waals surface area contributed by atoms with Crippen LogP contribution in [0.2, 0.25) is 0 Å². The molecular formula is C54H34N2O. The molecule has 2 aromatic heterocycles. The molecule has 0 amide bonds. The summed E-state index contributed by atoms with van der Waals surface area (Å²) in [6.45, 7) is 0. The summed E-state index contributed by atoms with van der Waals surface area (Å²) < 4.78 is 11.6. The number of benzene rings is 9. The van der Waals surface area contributed by atoms with E-state index in [1.165, 1.54) is 43.1 Å². The first-order valence-electron chi connectivity index (χ1n) is 19.5. The minimum Gasteiger partial charge on any atom is -0.455 e. The van der Waals surface area contributed by atoms with E-state index in [0.29, 0.717) is 0 Å². The Morgan fingerprint density at radius 3 is 1.33 bits per heavy atom. The Morgan fingerprint density at radius 2 is 0.702 bits per heavy atom. The fourth-order valence-corrected chi connectivity index (χ4v) is 9.33. The zero-order valence-corrected chi connectivity index (χ0v) is 30.9. The molecule has 12 aromatic rings. The fourth-order valence-electron chi connectivity index (χ4n) is 9.33. The van der Waals surface area contributed by atoms with Crippen molar-refractivity contribution in [3.05, 3.63) is 206 Å². The van der Waals surface area contributed by atoms with E-state index >= 15 is 0 Å². The van der Waals surface area contributed by atoms with E-state index < -0.39 is 0 Å². The average Bonchev–Trinajstić information content (AvgIpc) is 3.67. The molecule has 266 valence electrons. The molecule has 10 aromatic carbocycles. The highest BCUT2D eigenvalue weighted by atomic mass is 16.3. The van der Waals surface area contributed by atoms with E-state index in [2.05, 4.69) is 209 Å². The normalized spacial score (nSPS) is 11.9. The number of fused-ring (bicyclic) bond motifs is 13. The standard InChI is InChI=1S/C54H34N2O/c1-3-17-35(18-4-1)55-48-30-12-13-31-49(48)56(36-19-5-2-6-20-36)51-34-47-43-27-15-26-42(45-29-16-28-44-40-24-11-14-32-52(40)57-54(44)45)53(43)41-25-10-9-22-38(41)37-21-7-8-23-39(37)46(47)33-50(51)55/h1-34H. The highest BCUT2D eigenvalue weighted by Crippen LogP contribution is 2.44. The van der Waals surface area contributed by atoms with Gasteiger partial charge in [-0.2, -0.15) is 0 Å². The smallest absolute Gasteiger partial charge is 0.143 e. The third kappa shape index (κ3) is 4.73. The van der Waals surface area contributed by atoms with Crippen LogP contribution in [0.5, 0.6) is 0 Å². The van der Waals surface area contributed by atoms with Gasteiger partial charge in [-0.25, -0.2) is 0 Å². The minimum absolute atomic E-state index is 0.898. The molecule has 3 nitrogen and oxygen atoms in total. The van der Waals surface area contributed by atoms with Gasteiger partial charge in [-0.15, -0.1) is 0 Å². The molecule has 0 fully saturated rings. The zero-order valence-electron chi connectivity index (χ0n) is 30.9. The second kappa shape index (κ2) is 12.5. The van der Waals surface area contributed by atoms with Crippen LogP contribution in [0.15, 0.2) is 211 Å². The number of hydrogen-bond acceptors (Lipinski definition) is 1.